The molecule has 0 unspecified atom stereocenters. The number of aromatic nitrogens is 6. The summed E-state index contributed by atoms with van der Waals surface area (Å²) in [6, 6.07) is 10.1. The maximum atomic E-state index is 4.62. The van der Waals surface area contributed by atoms with Crippen LogP contribution in [-0.4, -0.2) is 43.4 Å². The Bertz CT molecular complexity index is 936. The molecule has 23 heavy (non-hydrogen) atoms. The Morgan fingerprint density at radius 2 is 2.13 bits per heavy atom. The van der Waals surface area contributed by atoms with E-state index >= 15 is 0 Å². The van der Waals surface area contributed by atoms with Crippen molar-refractivity contribution in [3.63, 3.8) is 0 Å². The lowest BCUT2D eigenvalue weighted by molar-refractivity contribution is 0.825. The van der Waals surface area contributed by atoms with E-state index in [9.17, 15) is 0 Å². The van der Waals surface area contributed by atoms with Crippen LogP contribution in [0.5, 0.6) is 0 Å². The molecule has 7 heteroatoms. The number of aryl methyl sites for hydroxylation is 1. The lowest BCUT2D eigenvalue weighted by atomic mass is 10.3. The van der Waals surface area contributed by atoms with Crippen molar-refractivity contribution in [2.45, 2.75) is 13.3 Å². The Hall–Kier alpha value is -2.96. The molecule has 0 fully saturated rings. The fourth-order valence-electron chi connectivity index (χ4n) is 2.73. The zero-order valence-electron chi connectivity index (χ0n) is 13.1. The second kappa shape index (κ2) is 5.35. The van der Waals surface area contributed by atoms with Crippen LogP contribution < -0.4 is 4.90 Å². The van der Waals surface area contributed by atoms with Gasteiger partial charge in [0.05, 0.1) is 22.4 Å². The number of likely N-dealkylation sites (N-methyl/N-ethyl adjacent to an activating group) is 1. The first-order valence-corrected chi connectivity index (χ1v) is 7.53. The van der Waals surface area contributed by atoms with Crippen molar-refractivity contribution >= 4 is 22.4 Å². The van der Waals surface area contributed by atoms with Gasteiger partial charge in [-0.2, -0.15) is 9.61 Å². The highest BCUT2D eigenvalue weighted by molar-refractivity contribution is 5.74. The van der Waals surface area contributed by atoms with Gasteiger partial charge in [-0.3, -0.25) is 0 Å². The van der Waals surface area contributed by atoms with E-state index in [1.807, 2.05) is 44.3 Å². The fourth-order valence-corrected chi connectivity index (χ4v) is 2.73. The third-order valence-electron chi connectivity index (χ3n) is 3.90. The number of para-hydroxylation sites is 2. The zero-order valence-corrected chi connectivity index (χ0v) is 13.1. The van der Waals surface area contributed by atoms with Crippen molar-refractivity contribution in [2.75, 3.05) is 18.5 Å². The van der Waals surface area contributed by atoms with Gasteiger partial charge in [-0.15, -0.1) is 10.2 Å². The molecule has 0 radical (unpaired) electrons. The molecule has 0 saturated carbocycles. The summed E-state index contributed by atoms with van der Waals surface area (Å²) in [6.45, 7) is 2.79. The van der Waals surface area contributed by atoms with Gasteiger partial charge < -0.3 is 9.88 Å². The molecule has 0 bridgehead atoms. The number of nitrogens with zero attached hydrogens (tertiary/aromatic N) is 6. The summed E-state index contributed by atoms with van der Waals surface area (Å²) in [5.41, 5.74) is 4.80. The van der Waals surface area contributed by atoms with Crippen LogP contribution in [0.15, 0.2) is 36.7 Å². The van der Waals surface area contributed by atoms with Gasteiger partial charge in [0.15, 0.2) is 0 Å². The van der Waals surface area contributed by atoms with Crippen LogP contribution in [0.1, 0.15) is 11.5 Å². The normalized spacial score (nSPS) is 11.4. The second-order valence-corrected chi connectivity index (χ2v) is 5.64. The molecule has 116 valence electrons. The van der Waals surface area contributed by atoms with Crippen LogP contribution in [0.25, 0.3) is 16.7 Å². The van der Waals surface area contributed by atoms with Crippen LogP contribution in [-0.2, 0) is 6.42 Å². The summed E-state index contributed by atoms with van der Waals surface area (Å²) in [6.07, 6.45) is 2.45. The highest BCUT2D eigenvalue weighted by atomic mass is 15.4. The molecule has 4 aromatic rings. The molecule has 7 nitrogen and oxygen atoms in total. The molecule has 0 spiro atoms. The molecule has 1 aromatic carbocycles. The van der Waals surface area contributed by atoms with Crippen LogP contribution in [0.2, 0.25) is 0 Å². The Labute approximate surface area is 133 Å². The first-order chi connectivity index (χ1) is 11.2. The Morgan fingerprint density at radius 3 is 3.00 bits per heavy atom. The van der Waals surface area contributed by atoms with Gasteiger partial charge in [0.25, 0.3) is 0 Å². The third kappa shape index (κ3) is 2.50. The van der Waals surface area contributed by atoms with Gasteiger partial charge in [0.2, 0.25) is 5.65 Å². The number of imidazole rings is 1. The predicted octanol–water partition coefficient (Wildman–Crippen LogP) is 1.99. The fraction of sp³-hybridized carbons (Fsp3) is 0.250. The molecule has 3 heterocycles. The zero-order chi connectivity index (χ0) is 15.8. The molecule has 1 N–H and O–H groups in total. The summed E-state index contributed by atoms with van der Waals surface area (Å²) >= 11 is 0. The van der Waals surface area contributed by atoms with Gasteiger partial charge in [0.1, 0.15) is 12.2 Å². The average molecular weight is 307 g/mol. The summed E-state index contributed by atoms with van der Waals surface area (Å²) in [5.74, 6) is 0.987. The minimum Gasteiger partial charge on any atom is -0.371 e. The van der Waals surface area contributed by atoms with E-state index in [2.05, 4.69) is 30.2 Å². The first kappa shape index (κ1) is 13.7. The third-order valence-corrected chi connectivity index (χ3v) is 3.90. The Kier molecular flexibility index (Phi) is 3.18. The molecule has 0 saturated heterocycles. The predicted molar refractivity (Wildman–Crippen MR) is 88.6 cm³/mol. The summed E-state index contributed by atoms with van der Waals surface area (Å²) in [5, 5.41) is 12.5. The van der Waals surface area contributed by atoms with E-state index in [4.69, 9.17) is 0 Å². The number of aromatic amines is 1. The number of hydrogen-bond acceptors (Lipinski definition) is 5. The Balaban J connectivity index is 1.57. The number of nitrogens with one attached hydrogen (secondary N) is 1. The van der Waals surface area contributed by atoms with E-state index in [1.54, 1.807) is 10.8 Å². The van der Waals surface area contributed by atoms with E-state index in [0.29, 0.717) is 0 Å². The molecule has 3 aromatic heterocycles. The summed E-state index contributed by atoms with van der Waals surface area (Å²) in [7, 11) is 2.05. The smallest absolute Gasteiger partial charge is 0.200 e. The number of benzene rings is 1. The number of fused-ring (bicyclic) bond motifs is 2. The molecule has 0 aliphatic rings. The van der Waals surface area contributed by atoms with Crippen molar-refractivity contribution in [3.8, 4) is 0 Å². The van der Waals surface area contributed by atoms with E-state index in [0.717, 1.165) is 46.9 Å². The largest absolute Gasteiger partial charge is 0.371 e. The number of rotatable bonds is 4. The van der Waals surface area contributed by atoms with E-state index in [1.165, 1.54) is 0 Å². The van der Waals surface area contributed by atoms with Crippen molar-refractivity contribution < 1.29 is 0 Å². The minimum atomic E-state index is 0.766. The van der Waals surface area contributed by atoms with Gasteiger partial charge in [-0.1, -0.05) is 12.1 Å². The van der Waals surface area contributed by atoms with Gasteiger partial charge >= 0.3 is 0 Å². The minimum absolute atomic E-state index is 0.766. The molecule has 0 atom stereocenters. The second-order valence-electron chi connectivity index (χ2n) is 5.64. The SMILES string of the molecule is Cc1cc(N(C)CCc2nc3ccccc3[nH]2)c2nncn2n1. The van der Waals surface area contributed by atoms with Crippen LogP contribution in [0.3, 0.4) is 0 Å². The van der Waals surface area contributed by atoms with E-state index < -0.39 is 0 Å². The van der Waals surface area contributed by atoms with Gasteiger partial charge in [0, 0.05) is 20.0 Å². The highest BCUT2D eigenvalue weighted by Gasteiger charge is 2.11. The van der Waals surface area contributed by atoms with Gasteiger partial charge in [-0.05, 0) is 25.1 Å². The lowest BCUT2D eigenvalue weighted by Crippen LogP contribution is -2.22. The van der Waals surface area contributed by atoms with Gasteiger partial charge in [-0.25, -0.2) is 4.98 Å². The molecule has 0 amide bonds. The molecular weight excluding hydrogens is 290 g/mol. The Morgan fingerprint density at radius 1 is 1.26 bits per heavy atom. The quantitative estimate of drug-likeness (QED) is 0.624. The van der Waals surface area contributed by atoms with Crippen LogP contribution in [0.4, 0.5) is 5.69 Å². The highest BCUT2D eigenvalue weighted by Crippen LogP contribution is 2.19. The number of anilines is 1. The maximum absolute atomic E-state index is 4.62. The maximum Gasteiger partial charge on any atom is 0.200 e. The molecule has 0 aliphatic heterocycles. The van der Waals surface area contributed by atoms with Crippen LogP contribution >= 0.6 is 0 Å². The number of H-pyrrole nitrogens is 1. The van der Waals surface area contributed by atoms with Crippen molar-refractivity contribution in [2.24, 2.45) is 0 Å². The van der Waals surface area contributed by atoms with E-state index in [-0.39, 0.29) is 0 Å². The molecule has 4 rings (SSSR count). The summed E-state index contributed by atoms with van der Waals surface area (Å²) < 4.78 is 1.71. The topological polar surface area (TPSA) is 75.0 Å². The van der Waals surface area contributed by atoms with Crippen molar-refractivity contribution in [1.29, 1.82) is 0 Å². The van der Waals surface area contributed by atoms with Crippen LogP contribution in [0, 0.1) is 6.92 Å². The van der Waals surface area contributed by atoms with Crippen molar-refractivity contribution in [3.05, 3.63) is 48.2 Å². The molecular formula is C16H17N7. The van der Waals surface area contributed by atoms with Crippen molar-refractivity contribution in [1.82, 2.24) is 29.8 Å². The number of hydrogen-bond donors (Lipinski definition) is 1. The standard InChI is InChI=1S/C16H17N7/c1-11-9-14(16-20-17-10-23(16)21-11)22(2)8-7-15-18-12-5-3-4-6-13(12)19-15/h3-6,9-10H,7-8H2,1-2H3,(H,18,19). The first-order valence-electron chi connectivity index (χ1n) is 7.53. The summed E-state index contributed by atoms with van der Waals surface area (Å²) in [4.78, 5) is 10.1. The average Bonchev–Trinajstić information content (AvgIpc) is 3.17. The molecule has 0 aliphatic carbocycles. The lowest BCUT2D eigenvalue weighted by Gasteiger charge is -2.19. The monoisotopic (exact) mass is 307 g/mol.